The second-order valence-corrected chi connectivity index (χ2v) is 8.14. The number of imide groups is 1. The van der Waals surface area contributed by atoms with Gasteiger partial charge in [0.05, 0.1) is 22.1 Å². The number of aromatic nitrogens is 4. The van der Waals surface area contributed by atoms with Gasteiger partial charge in [0, 0.05) is 13.3 Å². The fraction of sp³-hybridized carbons (Fsp3) is 0.400. The summed E-state index contributed by atoms with van der Waals surface area (Å²) in [5, 5.41) is 10.3. The van der Waals surface area contributed by atoms with Gasteiger partial charge in [-0.15, -0.1) is 0 Å². The predicted octanol–water partition coefficient (Wildman–Crippen LogP) is 1.82. The molecule has 2 rings (SSSR count). The smallest absolute Gasteiger partial charge is 0.424 e. The zero-order valence-corrected chi connectivity index (χ0v) is 16.4. The first kappa shape index (κ1) is 22.3. The molecule has 1 aromatic heterocycles. The van der Waals surface area contributed by atoms with E-state index in [0.29, 0.717) is 29.4 Å². The molecule has 0 bridgehead atoms. The molecule has 0 aliphatic carbocycles. The molecule has 14 heteroatoms. The number of aryl methyl sites for hydroxylation is 1. The number of anilines is 1. The molecule has 0 saturated carbocycles. The molecule has 2 aromatic rings. The lowest BCUT2D eigenvalue weighted by atomic mass is 10.1. The van der Waals surface area contributed by atoms with Gasteiger partial charge in [-0.05, 0) is 42.5 Å². The molecule has 0 atom stereocenters. The molecule has 158 valence electrons. The molecule has 29 heavy (non-hydrogen) atoms. The number of amides is 2. The summed E-state index contributed by atoms with van der Waals surface area (Å²) in [6, 6.07) is 1.52. The van der Waals surface area contributed by atoms with Crippen molar-refractivity contribution in [2.45, 2.75) is 31.0 Å². The third kappa shape index (κ3) is 4.88. The zero-order chi connectivity index (χ0) is 22.1. The van der Waals surface area contributed by atoms with Gasteiger partial charge >= 0.3 is 12.3 Å². The summed E-state index contributed by atoms with van der Waals surface area (Å²) in [7, 11) is -2.99. The van der Waals surface area contributed by atoms with Gasteiger partial charge in [-0.3, -0.25) is 4.79 Å². The van der Waals surface area contributed by atoms with Crippen LogP contribution in [-0.2, 0) is 27.8 Å². The average molecular weight is 435 g/mol. The molecule has 0 saturated heterocycles. The van der Waals surface area contributed by atoms with Crippen LogP contribution >= 0.6 is 0 Å². The lowest BCUT2D eigenvalue weighted by Crippen LogP contribution is -2.41. The maximum absolute atomic E-state index is 13.0. The van der Waals surface area contributed by atoms with E-state index in [1.165, 1.54) is 20.9 Å². The molecule has 10 nitrogen and oxygen atoms in total. The molecule has 2 amide bonds. The standard InChI is InChI=1S/C15H16F3N5O5S/c1-8(2)28-14(25)23(13-19-20-21-22(13)3)12(24)10-6-5-9(15(16,17)18)7-11(10)29(4,26)27/h5-8H,1-4H3. The molecule has 0 N–H and O–H groups in total. The highest BCUT2D eigenvalue weighted by Crippen LogP contribution is 2.32. The Morgan fingerprint density at radius 3 is 2.31 bits per heavy atom. The maximum Gasteiger partial charge on any atom is 0.424 e. The van der Waals surface area contributed by atoms with Crippen molar-refractivity contribution in [3.63, 3.8) is 0 Å². The Morgan fingerprint density at radius 2 is 1.86 bits per heavy atom. The highest BCUT2D eigenvalue weighted by Gasteiger charge is 2.37. The number of carbonyl (C=O) groups is 2. The van der Waals surface area contributed by atoms with Crippen LogP contribution < -0.4 is 4.90 Å². The number of hydrogen-bond acceptors (Lipinski definition) is 8. The number of sulfone groups is 1. The SMILES string of the molecule is CC(C)OC(=O)N(C(=O)c1ccc(C(F)(F)F)cc1S(C)(=O)=O)c1nnnn1C. The Bertz CT molecular complexity index is 1050. The van der Waals surface area contributed by atoms with Crippen molar-refractivity contribution in [3.8, 4) is 0 Å². The van der Waals surface area contributed by atoms with Crippen molar-refractivity contribution in [1.82, 2.24) is 20.2 Å². The first-order valence-corrected chi connectivity index (χ1v) is 9.81. The van der Waals surface area contributed by atoms with Crippen LogP contribution in [-0.4, -0.2) is 53.0 Å². The van der Waals surface area contributed by atoms with Crippen LogP contribution in [0.5, 0.6) is 0 Å². The number of benzene rings is 1. The number of hydrogen-bond donors (Lipinski definition) is 0. The van der Waals surface area contributed by atoms with E-state index in [9.17, 15) is 31.2 Å². The number of halogens is 3. The Balaban J connectivity index is 2.68. The fourth-order valence-corrected chi connectivity index (χ4v) is 3.12. The van der Waals surface area contributed by atoms with E-state index in [4.69, 9.17) is 4.74 Å². The van der Waals surface area contributed by atoms with Gasteiger partial charge in [-0.2, -0.15) is 18.1 Å². The minimum atomic E-state index is -4.84. The summed E-state index contributed by atoms with van der Waals surface area (Å²) in [5.41, 5.74) is -1.95. The molecule has 0 aliphatic rings. The highest BCUT2D eigenvalue weighted by atomic mass is 32.2. The summed E-state index contributed by atoms with van der Waals surface area (Å²) >= 11 is 0. The summed E-state index contributed by atoms with van der Waals surface area (Å²) in [6.45, 7) is 2.99. The molecular weight excluding hydrogens is 419 g/mol. The molecule has 0 aliphatic heterocycles. The summed E-state index contributed by atoms with van der Waals surface area (Å²) < 4.78 is 69.0. The quantitative estimate of drug-likeness (QED) is 0.712. The van der Waals surface area contributed by atoms with E-state index < -0.39 is 56.1 Å². The molecule has 0 radical (unpaired) electrons. The maximum atomic E-state index is 13.0. The number of nitrogens with zero attached hydrogens (tertiary/aromatic N) is 5. The lowest BCUT2D eigenvalue weighted by molar-refractivity contribution is -0.137. The second kappa shape index (κ2) is 7.77. The van der Waals surface area contributed by atoms with E-state index in [2.05, 4.69) is 15.5 Å². The topological polar surface area (TPSA) is 124 Å². The van der Waals surface area contributed by atoms with Crippen LogP contribution in [0, 0.1) is 0 Å². The highest BCUT2D eigenvalue weighted by molar-refractivity contribution is 7.90. The van der Waals surface area contributed by atoms with E-state index in [-0.39, 0.29) is 0 Å². The van der Waals surface area contributed by atoms with Gasteiger partial charge < -0.3 is 4.74 Å². The second-order valence-electron chi connectivity index (χ2n) is 6.16. The van der Waals surface area contributed by atoms with Crippen molar-refractivity contribution < 1.29 is 35.9 Å². The molecule has 0 spiro atoms. The van der Waals surface area contributed by atoms with Crippen LogP contribution in [0.15, 0.2) is 23.1 Å². The monoisotopic (exact) mass is 435 g/mol. The third-order valence-corrected chi connectivity index (χ3v) is 4.60. The number of carbonyl (C=O) groups excluding carboxylic acids is 2. The Morgan fingerprint density at radius 1 is 1.24 bits per heavy atom. The van der Waals surface area contributed by atoms with Gasteiger partial charge in [-0.1, -0.05) is 5.10 Å². The van der Waals surface area contributed by atoms with E-state index in [1.807, 2.05) is 0 Å². The molecule has 1 aromatic carbocycles. The van der Waals surface area contributed by atoms with Gasteiger partial charge in [0.2, 0.25) is 0 Å². The number of rotatable bonds is 4. The minimum absolute atomic E-state index is 0.323. The molecule has 0 unspecified atom stereocenters. The molecule has 1 heterocycles. The summed E-state index contributed by atoms with van der Waals surface area (Å²) in [5.74, 6) is -1.69. The molecular formula is C15H16F3N5O5S. The van der Waals surface area contributed by atoms with Gasteiger partial charge in [0.1, 0.15) is 0 Å². The summed E-state index contributed by atoms with van der Waals surface area (Å²) in [6.07, 6.45) is -6.10. The Kier molecular flexibility index (Phi) is 5.96. The van der Waals surface area contributed by atoms with Crippen molar-refractivity contribution in [2.24, 2.45) is 7.05 Å². The van der Waals surface area contributed by atoms with Gasteiger partial charge in [0.15, 0.2) is 9.84 Å². The van der Waals surface area contributed by atoms with Crippen molar-refractivity contribution in [3.05, 3.63) is 29.3 Å². The number of tetrazole rings is 1. The van der Waals surface area contributed by atoms with Gasteiger partial charge in [-0.25, -0.2) is 17.9 Å². The number of ether oxygens (including phenoxy) is 1. The lowest BCUT2D eigenvalue weighted by Gasteiger charge is -2.21. The Hall–Kier alpha value is -3.03. The number of alkyl halides is 3. The first-order chi connectivity index (χ1) is 13.2. The van der Waals surface area contributed by atoms with Crippen molar-refractivity contribution in [2.75, 3.05) is 11.2 Å². The summed E-state index contributed by atoms with van der Waals surface area (Å²) in [4.78, 5) is 24.9. The van der Waals surface area contributed by atoms with Gasteiger partial charge in [0.25, 0.3) is 11.9 Å². The van der Waals surface area contributed by atoms with E-state index >= 15 is 0 Å². The fourth-order valence-electron chi connectivity index (χ4n) is 2.23. The molecule has 0 fully saturated rings. The van der Waals surface area contributed by atoms with Crippen molar-refractivity contribution in [1.29, 1.82) is 0 Å². The van der Waals surface area contributed by atoms with E-state index in [0.717, 1.165) is 4.68 Å². The Labute approximate surface area is 163 Å². The average Bonchev–Trinajstić information content (AvgIpc) is 2.98. The van der Waals surface area contributed by atoms with E-state index in [1.54, 1.807) is 0 Å². The van der Waals surface area contributed by atoms with Crippen LogP contribution in [0.1, 0.15) is 29.8 Å². The largest absolute Gasteiger partial charge is 0.446 e. The normalized spacial score (nSPS) is 12.1. The third-order valence-electron chi connectivity index (χ3n) is 3.46. The first-order valence-electron chi connectivity index (χ1n) is 7.92. The van der Waals surface area contributed by atoms with Crippen LogP contribution in [0.4, 0.5) is 23.9 Å². The predicted molar refractivity (Wildman–Crippen MR) is 91.8 cm³/mol. The van der Waals surface area contributed by atoms with Crippen molar-refractivity contribution >= 4 is 27.8 Å². The van der Waals surface area contributed by atoms with Crippen LogP contribution in [0.3, 0.4) is 0 Å². The van der Waals surface area contributed by atoms with Crippen LogP contribution in [0.2, 0.25) is 0 Å². The zero-order valence-electron chi connectivity index (χ0n) is 15.6. The minimum Gasteiger partial charge on any atom is -0.446 e. The van der Waals surface area contributed by atoms with Crippen LogP contribution in [0.25, 0.3) is 0 Å².